The minimum atomic E-state index is -0.153. The van der Waals surface area contributed by atoms with Crippen molar-refractivity contribution in [3.63, 3.8) is 0 Å². The monoisotopic (exact) mass is 468 g/mol. The predicted molar refractivity (Wildman–Crippen MR) is 125 cm³/mol. The number of nitrogens with zero attached hydrogens (tertiary/aromatic N) is 6. The molecule has 2 aromatic rings. The van der Waals surface area contributed by atoms with Crippen LogP contribution in [0.25, 0.3) is 0 Å². The average Bonchev–Trinajstić information content (AvgIpc) is 3.42. The van der Waals surface area contributed by atoms with Crippen LogP contribution in [0, 0.1) is 0 Å². The van der Waals surface area contributed by atoms with Gasteiger partial charge in [0.25, 0.3) is 0 Å². The summed E-state index contributed by atoms with van der Waals surface area (Å²) in [7, 11) is 0. The molecule has 172 valence electrons. The van der Waals surface area contributed by atoms with E-state index in [2.05, 4.69) is 90.2 Å². The maximum absolute atomic E-state index is 5.32. The normalized spacial score (nSPS) is 11.7. The van der Waals surface area contributed by atoms with Crippen molar-refractivity contribution in [2.45, 2.75) is 57.8 Å². The molecule has 0 saturated carbocycles. The first-order chi connectivity index (χ1) is 14.7. The number of tetrazole rings is 2. The molecule has 0 atom stereocenters. The molecule has 0 bridgehead atoms. The highest BCUT2D eigenvalue weighted by Crippen LogP contribution is 2.22. The molecule has 12 nitrogen and oxygen atoms in total. The van der Waals surface area contributed by atoms with Crippen LogP contribution in [-0.2, 0) is 10.8 Å². The van der Waals surface area contributed by atoms with Crippen LogP contribution in [0.5, 0.6) is 0 Å². The molecule has 0 aromatic carbocycles. The Morgan fingerprint density at radius 2 is 1.10 bits per heavy atom. The summed E-state index contributed by atoms with van der Waals surface area (Å²) in [6, 6.07) is 0. The second-order valence-electron chi connectivity index (χ2n) is 8.49. The molecule has 0 aliphatic rings. The van der Waals surface area contributed by atoms with Crippen molar-refractivity contribution in [2.75, 3.05) is 26.2 Å². The van der Waals surface area contributed by atoms with E-state index in [0.29, 0.717) is 10.2 Å². The minimum Gasteiger partial charge on any atom is -0.363 e. The molecule has 6 N–H and O–H groups in total. The summed E-state index contributed by atoms with van der Waals surface area (Å²) in [6.45, 7) is 11.3. The summed E-state index contributed by atoms with van der Waals surface area (Å²) < 4.78 is 0. The van der Waals surface area contributed by atoms with Gasteiger partial charge in [-0.1, -0.05) is 27.7 Å². The van der Waals surface area contributed by atoms with E-state index in [4.69, 9.17) is 24.4 Å². The predicted octanol–water partition coefficient (Wildman–Crippen LogP) is 0.0667. The van der Waals surface area contributed by atoms with E-state index in [1.54, 1.807) is 0 Å². The Morgan fingerprint density at radius 1 is 0.710 bits per heavy atom. The molecule has 31 heavy (non-hydrogen) atoms. The molecule has 14 heteroatoms. The molecule has 0 radical (unpaired) electrons. The van der Waals surface area contributed by atoms with Gasteiger partial charge in [-0.05, 0) is 64.6 Å². The van der Waals surface area contributed by atoms with E-state index in [0.717, 1.165) is 57.1 Å². The maximum Gasteiger partial charge on any atom is 0.166 e. The Balaban J connectivity index is 1.48. The minimum absolute atomic E-state index is 0.153. The van der Waals surface area contributed by atoms with Crippen LogP contribution in [0.4, 0.5) is 0 Å². The lowest BCUT2D eigenvalue weighted by Crippen LogP contribution is -2.40. The number of nitrogens with one attached hydrogen (secondary N) is 6. The van der Waals surface area contributed by atoms with E-state index in [1.807, 2.05) is 0 Å². The van der Waals surface area contributed by atoms with Crippen molar-refractivity contribution in [1.29, 1.82) is 0 Å². The third kappa shape index (κ3) is 8.65. The third-order valence-electron chi connectivity index (χ3n) is 4.97. The molecular weight excluding hydrogens is 436 g/mol. The molecule has 2 heterocycles. The highest BCUT2D eigenvalue weighted by Gasteiger charge is 2.25. The molecule has 0 amide bonds. The zero-order valence-corrected chi connectivity index (χ0v) is 20.1. The quantitative estimate of drug-likeness (QED) is 0.184. The van der Waals surface area contributed by atoms with Gasteiger partial charge in [-0.25, -0.2) is 10.2 Å². The van der Waals surface area contributed by atoms with Crippen LogP contribution >= 0.6 is 24.4 Å². The van der Waals surface area contributed by atoms with Gasteiger partial charge in [-0.3, -0.25) is 0 Å². The number of H-pyrrole nitrogens is 2. The summed E-state index contributed by atoms with van der Waals surface area (Å²) >= 11 is 10.6. The number of rotatable bonds is 12. The Hall–Kier alpha value is -2.48. The van der Waals surface area contributed by atoms with Gasteiger partial charge >= 0.3 is 0 Å². The molecule has 0 aliphatic heterocycles. The van der Waals surface area contributed by atoms with E-state index >= 15 is 0 Å². The summed E-state index contributed by atoms with van der Waals surface area (Å²) in [5.41, 5.74) is -0.306. The van der Waals surface area contributed by atoms with Gasteiger partial charge in [0.2, 0.25) is 0 Å². The first-order valence-corrected chi connectivity index (χ1v) is 11.0. The van der Waals surface area contributed by atoms with Gasteiger partial charge < -0.3 is 21.3 Å². The van der Waals surface area contributed by atoms with Crippen LogP contribution in [0.3, 0.4) is 0 Å². The summed E-state index contributed by atoms with van der Waals surface area (Å²) in [6.07, 6.45) is 2.57. The van der Waals surface area contributed by atoms with E-state index < -0.39 is 0 Å². The zero-order chi connectivity index (χ0) is 22.7. The van der Waals surface area contributed by atoms with Gasteiger partial charge in [-0.15, -0.1) is 10.2 Å². The molecule has 0 aliphatic carbocycles. The topological polar surface area (TPSA) is 157 Å². The summed E-state index contributed by atoms with van der Waals surface area (Å²) in [5, 5.41) is 42.3. The zero-order valence-electron chi connectivity index (χ0n) is 18.4. The highest BCUT2D eigenvalue weighted by molar-refractivity contribution is 7.80. The van der Waals surface area contributed by atoms with Gasteiger partial charge in [0, 0.05) is 37.0 Å². The fourth-order valence-corrected chi connectivity index (χ4v) is 3.13. The second kappa shape index (κ2) is 11.8. The average molecular weight is 469 g/mol. The SMILES string of the molecule is CC(C)(CCNC(=S)NCCCNC(=S)NCCC(C)(C)c1nnn[nH]1)c1nnn[nH]1. The number of aromatic nitrogens is 8. The lowest BCUT2D eigenvalue weighted by atomic mass is 9.88. The summed E-state index contributed by atoms with van der Waals surface area (Å²) in [5.74, 6) is 1.53. The lowest BCUT2D eigenvalue weighted by Gasteiger charge is -2.21. The lowest BCUT2D eigenvalue weighted by molar-refractivity contribution is 0.448. The van der Waals surface area contributed by atoms with Crippen molar-refractivity contribution in [2.24, 2.45) is 0 Å². The molecular formula is C17H32N12S2. The van der Waals surface area contributed by atoms with Crippen LogP contribution in [0.2, 0.25) is 0 Å². The van der Waals surface area contributed by atoms with E-state index in [1.165, 1.54) is 0 Å². The first-order valence-electron chi connectivity index (χ1n) is 10.2. The number of thiocarbonyl (C=S) groups is 2. The van der Waals surface area contributed by atoms with E-state index in [-0.39, 0.29) is 10.8 Å². The number of hydrogen-bond donors (Lipinski definition) is 6. The highest BCUT2D eigenvalue weighted by atomic mass is 32.1. The Kier molecular flexibility index (Phi) is 9.43. The van der Waals surface area contributed by atoms with Gasteiger partial charge in [0.15, 0.2) is 21.9 Å². The molecule has 0 unspecified atom stereocenters. The van der Waals surface area contributed by atoms with Crippen molar-refractivity contribution >= 4 is 34.7 Å². The van der Waals surface area contributed by atoms with Crippen molar-refractivity contribution in [3.8, 4) is 0 Å². The first kappa shape index (κ1) is 24.8. The van der Waals surface area contributed by atoms with Crippen molar-refractivity contribution < 1.29 is 0 Å². The summed E-state index contributed by atoms with van der Waals surface area (Å²) in [4.78, 5) is 0. The van der Waals surface area contributed by atoms with Crippen molar-refractivity contribution in [1.82, 2.24) is 62.5 Å². The Labute approximate surface area is 192 Å². The molecule has 0 fully saturated rings. The largest absolute Gasteiger partial charge is 0.363 e. The van der Waals surface area contributed by atoms with Gasteiger partial charge in [-0.2, -0.15) is 0 Å². The molecule has 0 saturated heterocycles. The smallest absolute Gasteiger partial charge is 0.166 e. The second-order valence-corrected chi connectivity index (χ2v) is 9.30. The molecule has 0 spiro atoms. The Morgan fingerprint density at radius 3 is 1.45 bits per heavy atom. The van der Waals surface area contributed by atoms with Crippen LogP contribution in [-0.4, -0.2) is 77.7 Å². The Bertz CT molecular complexity index is 722. The van der Waals surface area contributed by atoms with Crippen LogP contribution < -0.4 is 21.3 Å². The number of aromatic amines is 2. The fourth-order valence-electron chi connectivity index (χ4n) is 2.72. The maximum atomic E-state index is 5.32. The van der Waals surface area contributed by atoms with Gasteiger partial charge in [0.05, 0.1) is 0 Å². The van der Waals surface area contributed by atoms with E-state index in [9.17, 15) is 0 Å². The van der Waals surface area contributed by atoms with Crippen LogP contribution in [0.1, 0.15) is 58.6 Å². The molecule has 2 rings (SSSR count). The molecule has 2 aromatic heterocycles. The van der Waals surface area contributed by atoms with Crippen LogP contribution in [0.15, 0.2) is 0 Å². The number of hydrogen-bond acceptors (Lipinski definition) is 8. The fraction of sp³-hybridized carbons (Fsp3) is 0.765. The standard InChI is InChI=1S/C17H32N12S2/c1-16(2,12-22-26-27-23-12)6-10-20-14(30)18-8-5-9-19-15(31)21-11-7-17(3,4)13-24-28-29-25-13/h5-11H2,1-4H3,(H2,18,20,30)(H2,19,21,31)(H,22,23,26,27)(H,24,25,28,29). The van der Waals surface area contributed by atoms with Gasteiger partial charge in [0.1, 0.15) is 0 Å². The van der Waals surface area contributed by atoms with Crippen molar-refractivity contribution in [3.05, 3.63) is 11.6 Å². The third-order valence-corrected chi connectivity index (χ3v) is 5.55.